The summed E-state index contributed by atoms with van der Waals surface area (Å²) in [5.41, 5.74) is 2.69. The summed E-state index contributed by atoms with van der Waals surface area (Å²) < 4.78 is 0. The minimum Gasteiger partial charge on any atom is -0.360 e. The van der Waals surface area contributed by atoms with Crippen molar-refractivity contribution in [3.05, 3.63) is 71.8 Å². The van der Waals surface area contributed by atoms with Crippen molar-refractivity contribution in [1.29, 1.82) is 0 Å². The molecule has 3 atom stereocenters. The zero-order valence-corrected chi connectivity index (χ0v) is 16.1. The van der Waals surface area contributed by atoms with Crippen LogP contribution in [0.25, 0.3) is 0 Å². The maximum Gasteiger partial charge on any atom is 0.169 e. The second kappa shape index (κ2) is 8.22. The third kappa shape index (κ3) is 4.27. The Labute approximate surface area is 162 Å². The first-order chi connectivity index (χ1) is 12.8. The van der Waals surface area contributed by atoms with Gasteiger partial charge in [0.05, 0.1) is 0 Å². The molecule has 0 radical (unpaired) electrons. The highest BCUT2D eigenvalue weighted by molar-refractivity contribution is 7.80. The van der Waals surface area contributed by atoms with E-state index in [4.69, 9.17) is 12.2 Å². The molecule has 0 aromatic heterocycles. The molecule has 0 amide bonds. The zero-order chi connectivity index (χ0) is 17.8. The standard InChI is InChI=1S/C23H28N2S/c26-23(24-22-16-20-11-12-21(22)15-20)25(17-19-9-5-2-6-10-19)14-13-18-7-3-1-4-8-18/h1-10,20-22H,11-17H2,(H,24,26)/t20-,21-,22-/m0/s1. The summed E-state index contributed by atoms with van der Waals surface area (Å²) in [7, 11) is 0. The number of hydrogen-bond donors (Lipinski definition) is 1. The summed E-state index contributed by atoms with van der Waals surface area (Å²) >= 11 is 5.86. The predicted octanol–water partition coefficient (Wildman–Crippen LogP) is 4.79. The molecule has 3 heteroatoms. The van der Waals surface area contributed by atoms with E-state index in [9.17, 15) is 0 Å². The van der Waals surface area contributed by atoms with Gasteiger partial charge in [-0.25, -0.2) is 0 Å². The first kappa shape index (κ1) is 17.5. The lowest BCUT2D eigenvalue weighted by Crippen LogP contribution is -2.46. The van der Waals surface area contributed by atoms with Crippen molar-refractivity contribution in [2.24, 2.45) is 11.8 Å². The summed E-state index contributed by atoms with van der Waals surface area (Å²) in [6.07, 6.45) is 6.54. The quantitative estimate of drug-likeness (QED) is 0.742. The molecule has 2 aliphatic carbocycles. The van der Waals surface area contributed by atoms with Crippen molar-refractivity contribution in [3.8, 4) is 0 Å². The first-order valence-electron chi connectivity index (χ1n) is 9.91. The van der Waals surface area contributed by atoms with E-state index < -0.39 is 0 Å². The Morgan fingerprint density at radius 2 is 1.62 bits per heavy atom. The van der Waals surface area contributed by atoms with Gasteiger partial charge in [0.25, 0.3) is 0 Å². The van der Waals surface area contributed by atoms with Crippen LogP contribution in [0.5, 0.6) is 0 Å². The van der Waals surface area contributed by atoms with Crippen LogP contribution in [0.15, 0.2) is 60.7 Å². The molecule has 1 N–H and O–H groups in total. The van der Waals surface area contributed by atoms with Gasteiger partial charge < -0.3 is 10.2 Å². The molecule has 0 aliphatic heterocycles. The van der Waals surface area contributed by atoms with Crippen LogP contribution < -0.4 is 5.32 Å². The van der Waals surface area contributed by atoms with Crippen molar-refractivity contribution in [2.75, 3.05) is 6.54 Å². The fourth-order valence-corrected chi connectivity index (χ4v) is 4.94. The molecule has 0 heterocycles. The van der Waals surface area contributed by atoms with Gasteiger partial charge in [0.1, 0.15) is 0 Å². The Balaban J connectivity index is 1.41. The van der Waals surface area contributed by atoms with Gasteiger partial charge in [-0.2, -0.15) is 0 Å². The fraction of sp³-hybridized carbons (Fsp3) is 0.435. The molecule has 0 unspecified atom stereocenters. The summed E-state index contributed by atoms with van der Waals surface area (Å²) in [5.74, 6) is 1.78. The molecule has 136 valence electrons. The van der Waals surface area contributed by atoms with Crippen LogP contribution in [-0.2, 0) is 13.0 Å². The van der Waals surface area contributed by atoms with Crippen molar-refractivity contribution in [1.82, 2.24) is 10.2 Å². The summed E-state index contributed by atoms with van der Waals surface area (Å²) in [4.78, 5) is 2.35. The maximum absolute atomic E-state index is 5.86. The fourth-order valence-electron chi connectivity index (χ4n) is 4.64. The van der Waals surface area contributed by atoms with E-state index in [1.165, 1.54) is 36.8 Å². The molecule has 4 rings (SSSR count). The van der Waals surface area contributed by atoms with Crippen molar-refractivity contribution in [3.63, 3.8) is 0 Å². The Bertz CT molecular complexity index is 716. The lowest BCUT2D eigenvalue weighted by Gasteiger charge is -2.31. The van der Waals surface area contributed by atoms with Gasteiger partial charge in [0, 0.05) is 19.1 Å². The normalized spacial score (nSPS) is 23.8. The largest absolute Gasteiger partial charge is 0.360 e. The van der Waals surface area contributed by atoms with E-state index >= 15 is 0 Å². The molecule has 2 aromatic rings. The highest BCUT2D eigenvalue weighted by atomic mass is 32.1. The molecule has 2 aliphatic rings. The van der Waals surface area contributed by atoms with Gasteiger partial charge in [0.2, 0.25) is 0 Å². The van der Waals surface area contributed by atoms with Gasteiger partial charge in [-0.1, -0.05) is 67.1 Å². The molecule has 0 saturated heterocycles. The average molecular weight is 365 g/mol. The molecule has 2 nitrogen and oxygen atoms in total. The van der Waals surface area contributed by atoms with Crippen molar-refractivity contribution >= 4 is 17.3 Å². The van der Waals surface area contributed by atoms with Crippen molar-refractivity contribution in [2.45, 2.75) is 44.7 Å². The van der Waals surface area contributed by atoms with Gasteiger partial charge in [-0.05, 0) is 60.9 Å². The predicted molar refractivity (Wildman–Crippen MR) is 112 cm³/mol. The van der Waals surface area contributed by atoms with E-state index in [2.05, 4.69) is 70.9 Å². The lowest BCUT2D eigenvalue weighted by atomic mass is 9.95. The van der Waals surface area contributed by atoms with E-state index in [-0.39, 0.29) is 0 Å². The van der Waals surface area contributed by atoms with Crippen molar-refractivity contribution < 1.29 is 0 Å². The number of rotatable bonds is 6. The van der Waals surface area contributed by atoms with Crippen LogP contribution in [0.3, 0.4) is 0 Å². The van der Waals surface area contributed by atoms with Gasteiger partial charge in [-0.15, -0.1) is 0 Å². The minimum atomic E-state index is 0.594. The van der Waals surface area contributed by atoms with Gasteiger partial charge in [0.15, 0.2) is 5.11 Å². The number of hydrogen-bond acceptors (Lipinski definition) is 1. The van der Waals surface area contributed by atoms with Crippen LogP contribution in [-0.4, -0.2) is 22.6 Å². The number of nitrogens with one attached hydrogen (secondary N) is 1. The smallest absolute Gasteiger partial charge is 0.169 e. The number of thiocarbonyl (C=S) groups is 1. The third-order valence-electron chi connectivity index (χ3n) is 6.06. The minimum absolute atomic E-state index is 0.594. The van der Waals surface area contributed by atoms with Crippen LogP contribution in [0.1, 0.15) is 36.8 Å². The molecule has 2 saturated carbocycles. The molecule has 2 aromatic carbocycles. The van der Waals surface area contributed by atoms with E-state index in [1.807, 2.05) is 0 Å². The summed E-state index contributed by atoms with van der Waals surface area (Å²) in [5, 5.41) is 4.66. The molecule has 2 bridgehead atoms. The lowest BCUT2D eigenvalue weighted by molar-refractivity contribution is 0.356. The number of nitrogens with zero attached hydrogens (tertiary/aromatic N) is 1. The van der Waals surface area contributed by atoms with E-state index in [0.29, 0.717) is 6.04 Å². The Morgan fingerprint density at radius 3 is 2.23 bits per heavy atom. The van der Waals surface area contributed by atoms with Crippen LogP contribution in [0, 0.1) is 11.8 Å². The van der Waals surface area contributed by atoms with E-state index in [0.717, 1.165) is 36.5 Å². The summed E-state index contributed by atoms with van der Waals surface area (Å²) in [6.45, 7) is 1.83. The first-order valence-corrected chi connectivity index (χ1v) is 10.3. The second-order valence-corrected chi connectivity index (χ2v) is 8.26. The highest BCUT2D eigenvalue weighted by Gasteiger charge is 2.40. The number of benzene rings is 2. The Kier molecular flexibility index (Phi) is 5.54. The number of fused-ring (bicyclic) bond motifs is 2. The van der Waals surface area contributed by atoms with Gasteiger partial charge in [-0.3, -0.25) is 0 Å². The highest BCUT2D eigenvalue weighted by Crippen LogP contribution is 2.44. The summed E-state index contributed by atoms with van der Waals surface area (Å²) in [6, 6.07) is 22.0. The zero-order valence-electron chi connectivity index (χ0n) is 15.3. The van der Waals surface area contributed by atoms with E-state index in [1.54, 1.807) is 0 Å². The van der Waals surface area contributed by atoms with Crippen LogP contribution >= 0.6 is 12.2 Å². The molecule has 0 spiro atoms. The van der Waals surface area contributed by atoms with Gasteiger partial charge >= 0.3 is 0 Å². The maximum atomic E-state index is 5.86. The molecule has 26 heavy (non-hydrogen) atoms. The second-order valence-electron chi connectivity index (χ2n) is 7.87. The molecular weight excluding hydrogens is 336 g/mol. The van der Waals surface area contributed by atoms with Crippen LogP contribution in [0.4, 0.5) is 0 Å². The SMILES string of the molecule is S=C(N[C@H]1C[C@H]2CC[C@H]1C2)N(CCc1ccccc1)Cc1ccccc1. The monoisotopic (exact) mass is 364 g/mol. The average Bonchev–Trinajstić information content (AvgIpc) is 3.30. The molecular formula is C23H28N2S. The Hall–Kier alpha value is -1.87. The third-order valence-corrected chi connectivity index (χ3v) is 6.44. The topological polar surface area (TPSA) is 15.3 Å². The van der Waals surface area contributed by atoms with Crippen LogP contribution in [0.2, 0.25) is 0 Å². The Morgan fingerprint density at radius 1 is 0.923 bits per heavy atom. The molecule has 2 fully saturated rings.